The lowest BCUT2D eigenvalue weighted by molar-refractivity contribution is -0.140. The zero-order valence-electron chi connectivity index (χ0n) is 24.0. The van der Waals surface area contributed by atoms with Crippen molar-refractivity contribution in [3.63, 3.8) is 0 Å². The van der Waals surface area contributed by atoms with Crippen molar-refractivity contribution in [2.45, 2.75) is 44.2 Å². The number of hydrogen-bond donors (Lipinski definition) is 1. The molecule has 4 aromatic carbocycles. The second-order valence-corrected chi connectivity index (χ2v) is 11.8. The van der Waals surface area contributed by atoms with Crippen LogP contribution in [0.4, 0.5) is 5.69 Å². The summed E-state index contributed by atoms with van der Waals surface area (Å²) in [7, 11) is -4.12. The smallest absolute Gasteiger partial charge is 0.264 e. The fraction of sp³-hybridized carbons (Fsp3) is 0.235. The average Bonchev–Trinajstić information content (AvgIpc) is 3.03. The van der Waals surface area contributed by atoms with Gasteiger partial charge in [0, 0.05) is 19.5 Å². The molecule has 218 valence electrons. The maximum atomic E-state index is 14.4. The quantitative estimate of drug-likeness (QED) is 0.234. The van der Waals surface area contributed by atoms with Crippen molar-refractivity contribution in [2.24, 2.45) is 0 Å². The van der Waals surface area contributed by atoms with Crippen molar-refractivity contribution in [2.75, 3.05) is 17.4 Å². The van der Waals surface area contributed by atoms with Crippen LogP contribution >= 0.6 is 0 Å². The average molecular weight is 584 g/mol. The van der Waals surface area contributed by atoms with Gasteiger partial charge in [-0.05, 0) is 48.2 Å². The topological polar surface area (TPSA) is 86.8 Å². The summed E-state index contributed by atoms with van der Waals surface area (Å²) < 4.78 is 29.4. The number of aryl methyl sites for hydroxylation is 1. The highest BCUT2D eigenvalue weighted by molar-refractivity contribution is 7.92. The summed E-state index contributed by atoms with van der Waals surface area (Å²) in [5.41, 5.74) is 2.96. The van der Waals surface area contributed by atoms with E-state index in [9.17, 15) is 18.0 Å². The molecular weight excluding hydrogens is 546 g/mol. The van der Waals surface area contributed by atoms with Crippen LogP contribution in [0.3, 0.4) is 0 Å². The maximum Gasteiger partial charge on any atom is 0.264 e. The molecule has 0 radical (unpaired) electrons. The number of nitrogens with one attached hydrogen (secondary N) is 1. The van der Waals surface area contributed by atoms with E-state index in [-0.39, 0.29) is 23.8 Å². The Morgan fingerprint density at radius 1 is 0.738 bits per heavy atom. The highest BCUT2D eigenvalue weighted by atomic mass is 32.2. The maximum absolute atomic E-state index is 14.4. The summed E-state index contributed by atoms with van der Waals surface area (Å²) in [6.45, 7) is 3.85. The number of amides is 2. The number of hydrogen-bond acceptors (Lipinski definition) is 4. The van der Waals surface area contributed by atoms with E-state index >= 15 is 0 Å². The van der Waals surface area contributed by atoms with Crippen LogP contribution in [0.1, 0.15) is 30.5 Å². The second kappa shape index (κ2) is 14.5. The van der Waals surface area contributed by atoms with Gasteiger partial charge in [0.1, 0.15) is 12.6 Å². The Morgan fingerprint density at radius 3 is 1.88 bits per heavy atom. The van der Waals surface area contributed by atoms with Crippen LogP contribution in [0, 0.1) is 0 Å². The number of benzene rings is 4. The first kappa shape index (κ1) is 30.5. The number of sulfonamides is 1. The first-order valence-corrected chi connectivity index (χ1v) is 15.6. The molecule has 0 bridgehead atoms. The van der Waals surface area contributed by atoms with E-state index in [0.29, 0.717) is 18.7 Å². The van der Waals surface area contributed by atoms with E-state index < -0.39 is 28.5 Å². The van der Waals surface area contributed by atoms with Crippen LogP contribution in [0.2, 0.25) is 0 Å². The lowest BCUT2D eigenvalue weighted by Crippen LogP contribution is -2.53. The van der Waals surface area contributed by atoms with Crippen molar-refractivity contribution in [1.82, 2.24) is 10.2 Å². The standard InChI is InChI=1S/C34H37N3O4S/c1-3-29-20-14-15-23-31(29)37(42(40,41)30-21-12-7-13-22-30)26-33(38)36(25-28-18-10-6-11-19-28)32(34(39)35-4-2)24-27-16-8-5-9-17-27/h5-23,32H,3-4,24-26H2,1-2H3,(H,35,39)/t32-/m1/s1. The van der Waals surface area contributed by atoms with Crippen LogP contribution in [-0.4, -0.2) is 44.3 Å². The largest absolute Gasteiger partial charge is 0.355 e. The molecule has 0 unspecified atom stereocenters. The predicted molar refractivity (Wildman–Crippen MR) is 166 cm³/mol. The lowest BCUT2D eigenvalue weighted by atomic mass is 10.0. The minimum absolute atomic E-state index is 0.0860. The Bertz CT molecular complexity index is 1560. The van der Waals surface area contributed by atoms with E-state index in [1.165, 1.54) is 21.3 Å². The van der Waals surface area contributed by atoms with Crippen molar-refractivity contribution in [3.05, 3.63) is 132 Å². The molecule has 0 aliphatic carbocycles. The van der Waals surface area contributed by atoms with Crippen LogP contribution in [0.5, 0.6) is 0 Å². The molecular formula is C34H37N3O4S. The number of anilines is 1. The van der Waals surface area contributed by atoms with Crippen molar-refractivity contribution in [1.29, 1.82) is 0 Å². The molecule has 4 aromatic rings. The van der Waals surface area contributed by atoms with Crippen molar-refractivity contribution < 1.29 is 18.0 Å². The molecule has 2 amide bonds. The predicted octanol–water partition coefficient (Wildman–Crippen LogP) is 5.22. The summed E-state index contributed by atoms with van der Waals surface area (Å²) >= 11 is 0. The molecule has 0 spiro atoms. The molecule has 42 heavy (non-hydrogen) atoms. The molecule has 1 N–H and O–H groups in total. The second-order valence-electron chi connectivity index (χ2n) is 9.91. The summed E-state index contributed by atoms with van der Waals surface area (Å²) in [6, 6.07) is 33.4. The van der Waals surface area contributed by atoms with Gasteiger partial charge in [-0.2, -0.15) is 0 Å². The molecule has 0 saturated heterocycles. The first-order valence-electron chi connectivity index (χ1n) is 14.2. The molecule has 7 nitrogen and oxygen atoms in total. The molecule has 0 saturated carbocycles. The summed E-state index contributed by atoms with van der Waals surface area (Å²) in [5.74, 6) is -0.770. The van der Waals surface area contributed by atoms with Crippen LogP contribution < -0.4 is 9.62 Å². The van der Waals surface area contributed by atoms with Gasteiger partial charge in [0.25, 0.3) is 10.0 Å². The Balaban J connectivity index is 1.80. The van der Waals surface area contributed by atoms with Crippen LogP contribution in [-0.2, 0) is 39.0 Å². The highest BCUT2D eigenvalue weighted by Gasteiger charge is 2.35. The van der Waals surface area contributed by atoms with Gasteiger partial charge < -0.3 is 10.2 Å². The Hall–Kier alpha value is -4.43. The molecule has 0 heterocycles. The minimum Gasteiger partial charge on any atom is -0.355 e. The number of carbonyl (C=O) groups excluding carboxylic acids is 2. The monoisotopic (exact) mass is 583 g/mol. The zero-order chi connectivity index (χ0) is 30.0. The Labute approximate surface area is 248 Å². The third-order valence-corrected chi connectivity index (χ3v) is 8.84. The molecule has 1 atom stereocenters. The molecule has 0 aromatic heterocycles. The summed E-state index contributed by atoms with van der Waals surface area (Å²) in [6.07, 6.45) is 0.858. The van der Waals surface area contributed by atoms with Gasteiger partial charge in [0.15, 0.2) is 0 Å². The molecule has 0 aliphatic heterocycles. The number of nitrogens with zero attached hydrogens (tertiary/aromatic N) is 2. The van der Waals surface area contributed by atoms with E-state index in [1.807, 2.05) is 86.6 Å². The fourth-order valence-corrected chi connectivity index (χ4v) is 6.39. The van der Waals surface area contributed by atoms with Gasteiger partial charge in [0.05, 0.1) is 10.6 Å². The van der Waals surface area contributed by atoms with Crippen molar-refractivity contribution >= 4 is 27.5 Å². The highest BCUT2D eigenvalue weighted by Crippen LogP contribution is 2.28. The van der Waals surface area contributed by atoms with E-state index in [2.05, 4.69) is 5.32 Å². The number of rotatable bonds is 13. The van der Waals surface area contributed by atoms with Gasteiger partial charge in [-0.25, -0.2) is 8.42 Å². The van der Waals surface area contributed by atoms with Crippen LogP contribution in [0.15, 0.2) is 120 Å². The Morgan fingerprint density at radius 2 is 1.29 bits per heavy atom. The fourth-order valence-electron chi connectivity index (χ4n) is 4.91. The molecule has 8 heteroatoms. The van der Waals surface area contributed by atoms with E-state index in [4.69, 9.17) is 0 Å². The molecule has 0 aliphatic rings. The normalized spacial score (nSPS) is 11.9. The summed E-state index contributed by atoms with van der Waals surface area (Å²) in [5, 5.41) is 2.88. The van der Waals surface area contributed by atoms with Gasteiger partial charge >= 0.3 is 0 Å². The van der Waals surface area contributed by atoms with Crippen LogP contribution in [0.25, 0.3) is 0 Å². The first-order chi connectivity index (χ1) is 20.3. The van der Waals surface area contributed by atoms with Gasteiger partial charge in [-0.15, -0.1) is 0 Å². The Kier molecular flexibility index (Phi) is 10.5. The van der Waals surface area contributed by atoms with Gasteiger partial charge in [-0.3, -0.25) is 13.9 Å². The third-order valence-electron chi connectivity index (χ3n) is 7.07. The van der Waals surface area contributed by atoms with Gasteiger partial charge in [0.2, 0.25) is 11.8 Å². The minimum atomic E-state index is -4.12. The lowest BCUT2D eigenvalue weighted by Gasteiger charge is -2.34. The molecule has 4 rings (SSSR count). The van der Waals surface area contributed by atoms with Gasteiger partial charge in [-0.1, -0.05) is 104 Å². The zero-order valence-corrected chi connectivity index (χ0v) is 24.8. The number of carbonyl (C=O) groups is 2. The number of likely N-dealkylation sites (N-methyl/N-ethyl adjacent to an activating group) is 1. The SMILES string of the molecule is CCNC(=O)[C@@H](Cc1ccccc1)N(Cc1ccccc1)C(=O)CN(c1ccccc1CC)S(=O)(=O)c1ccccc1. The van der Waals surface area contributed by atoms with Crippen molar-refractivity contribution in [3.8, 4) is 0 Å². The van der Waals surface area contributed by atoms with E-state index in [0.717, 1.165) is 16.7 Å². The third kappa shape index (κ3) is 7.44. The van der Waals surface area contributed by atoms with E-state index in [1.54, 1.807) is 30.3 Å². The summed E-state index contributed by atoms with van der Waals surface area (Å²) in [4.78, 5) is 29.5. The molecule has 0 fully saturated rings. The number of para-hydroxylation sites is 1.